The first-order valence-corrected chi connectivity index (χ1v) is 5.80. The number of furan rings is 1. The lowest BCUT2D eigenvalue weighted by molar-refractivity contribution is 0.408. The first-order valence-electron chi connectivity index (χ1n) is 5.80. The van der Waals surface area contributed by atoms with Crippen molar-refractivity contribution < 1.29 is 8.94 Å². The maximum absolute atomic E-state index is 5.65. The molecule has 0 fully saturated rings. The highest BCUT2D eigenvalue weighted by atomic mass is 16.5. The van der Waals surface area contributed by atoms with Crippen molar-refractivity contribution in [1.29, 1.82) is 0 Å². The molecule has 0 amide bonds. The summed E-state index contributed by atoms with van der Waals surface area (Å²) in [5.41, 5.74) is 6.37. The highest BCUT2D eigenvalue weighted by Gasteiger charge is 2.16. The van der Waals surface area contributed by atoms with Gasteiger partial charge in [0.2, 0.25) is 0 Å². The minimum Gasteiger partial charge on any atom is -0.451 e. The van der Waals surface area contributed by atoms with Crippen LogP contribution in [0.4, 0.5) is 0 Å². The lowest BCUT2D eigenvalue weighted by atomic mass is 10.2. The van der Waals surface area contributed by atoms with E-state index in [9.17, 15) is 0 Å². The largest absolute Gasteiger partial charge is 0.451 e. The maximum atomic E-state index is 5.65. The standard InChI is InChI=1S/C13H13N3O2/c1-8(7-14)12-15-13(18-16-12)11-6-9-4-2-3-5-10(9)17-11/h2-6,8H,7,14H2,1H3. The van der Waals surface area contributed by atoms with E-state index in [1.165, 1.54) is 0 Å². The molecule has 92 valence electrons. The molecule has 0 radical (unpaired) electrons. The zero-order valence-electron chi connectivity index (χ0n) is 9.96. The molecule has 0 saturated heterocycles. The van der Waals surface area contributed by atoms with Gasteiger partial charge < -0.3 is 14.7 Å². The van der Waals surface area contributed by atoms with Crippen molar-refractivity contribution in [3.63, 3.8) is 0 Å². The molecule has 0 aliphatic carbocycles. The summed E-state index contributed by atoms with van der Waals surface area (Å²) in [6.07, 6.45) is 0. The zero-order valence-corrected chi connectivity index (χ0v) is 9.96. The van der Waals surface area contributed by atoms with Crippen molar-refractivity contribution in [2.45, 2.75) is 12.8 Å². The van der Waals surface area contributed by atoms with Crippen LogP contribution in [0.15, 0.2) is 39.3 Å². The fourth-order valence-corrected chi connectivity index (χ4v) is 1.73. The van der Waals surface area contributed by atoms with Crippen molar-refractivity contribution in [3.8, 4) is 11.7 Å². The molecule has 0 aliphatic rings. The predicted octanol–water partition coefficient (Wildman–Crippen LogP) is 2.55. The van der Waals surface area contributed by atoms with E-state index in [1.54, 1.807) is 0 Å². The van der Waals surface area contributed by atoms with Gasteiger partial charge in [0.25, 0.3) is 5.89 Å². The van der Waals surface area contributed by atoms with Gasteiger partial charge in [-0.3, -0.25) is 0 Å². The summed E-state index contributed by atoms with van der Waals surface area (Å²) in [6.45, 7) is 2.44. The number of hydrogen-bond acceptors (Lipinski definition) is 5. The van der Waals surface area contributed by atoms with E-state index >= 15 is 0 Å². The van der Waals surface area contributed by atoms with Gasteiger partial charge in [-0.1, -0.05) is 30.3 Å². The number of nitrogens with zero attached hydrogens (tertiary/aromatic N) is 2. The third-order valence-corrected chi connectivity index (χ3v) is 2.87. The lowest BCUT2D eigenvalue weighted by Gasteiger charge is -1.98. The quantitative estimate of drug-likeness (QED) is 0.764. The molecule has 2 heterocycles. The molecule has 5 heteroatoms. The Kier molecular flexibility index (Phi) is 2.60. The fraction of sp³-hybridized carbons (Fsp3) is 0.231. The van der Waals surface area contributed by atoms with Gasteiger partial charge in [0.05, 0.1) is 0 Å². The van der Waals surface area contributed by atoms with Gasteiger partial charge in [-0.2, -0.15) is 4.98 Å². The second kappa shape index (κ2) is 4.27. The topological polar surface area (TPSA) is 78.1 Å². The zero-order chi connectivity index (χ0) is 12.5. The maximum Gasteiger partial charge on any atom is 0.293 e. The number of para-hydroxylation sites is 1. The van der Waals surface area contributed by atoms with Gasteiger partial charge >= 0.3 is 0 Å². The molecule has 1 atom stereocenters. The van der Waals surface area contributed by atoms with Crippen molar-refractivity contribution in [2.75, 3.05) is 6.54 Å². The second-order valence-electron chi connectivity index (χ2n) is 4.24. The van der Waals surface area contributed by atoms with Crippen LogP contribution in [0.2, 0.25) is 0 Å². The summed E-state index contributed by atoms with van der Waals surface area (Å²) in [5, 5.41) is 4.92. The van der Waals surface area contributed by atoms with Gasteiger partial charge in [0.1, 0.15) is 5.58 Å². The Labute approximate surface area is 104 Å². The molecular weight excluding hydrogens is 230 g/mol. The van der Waals surface area contributed by atoms with Gasteiger partial charge in [-0.25, -0.2) is 0 Å². The lowest BCUT2D eigenvalue weighted by Crippen LogP contribution is -2.10. The first kappa shape index (κ1) is 11.0. The molecule has 3 rings (SSSR count). The Morgan fingerprint density at radius 1 is 1.33 bits per heavy atom. The molecule has 1 unspecified atom stereocenters. The van der Waals surface area contributed by atoms with Crippen LogP contribution < -0.4 is 5.73 Å². The van der Waals surface area contributed by atoms with E-state index < -0.39 is 0 Å². The Morgan fingerprint density at radius 2 is 2.17 bits per heavy atom. The number of benzene rings is 1. The van der Waals surface area contributed by atoms with Crippen LogP contribution in [-0.2, 0) is 0 Å². The monoisotopic (exact) mass is 243 g/mol. The molecule has 0 aliphatic heterocycles. The fourth-order valence-electron chi connectivity index (χ4n) is 1.73. The summed E-state index contributed by atoms with van der Waals surface area (Å²) in [5.74, 6) is 1.65. The molecule has 1 aromatic carbocycles. The number of fused-ring (bicyclic) bond motifs is 1. The number of nitrogens with two attached hydrogens (primary N) is 1. The van der Waals surface area contributed by atoms with Crippen LogP contribution in [0.25, 0.3) is 22.6 Å². The van der Waals surface area contributed by atoms with Gasteiger partial charge in [-0.05, 0) is 12.1 Å². The molecule has 3 aromatic rings. The van der Waals surface area contributed by atoms with Gasteiger partial charge in [-0.15, -0.1) is 0 Å². The summed E-state index contributed by atoms with van der Waals surface area (Å²) < 4.78 is 10.8. The smallest absolute Gasteiger partial charge is 0.293 e. The Morgan fingerprint density at radius 3 is 2.94 bits per heavy atom. The molecule has 18 heavy (non-hydrogen) atoms. The number of aromatic nitrogens is 2. The minimum absolute atomic E-state index is 0.0758. The highest BCUT2D eigenvalue weighted by molar-refractivity contribution is 5.81. The van der Waals surface area contributed by atoms with Crippen LogP contribution in [0.5, 0.6) is 0 Å². The van der Waals surface area contributed by atoms with E-state index in [2.05, 4.69) is 10.1 Å². The van der Waals surface area contributed by atoms with Crippen LogP contribution in [0, 0.1) is 0 Å². The molecule has 0 spiro atoms. The highest BCUT2D eigenvalue weighted by Crippen LogP contribution is 2.27. The van der Waals surface area contributed by atoms with E-state index in [1.807, 2.05) is 37.3 Å². The molecule has 5 nitrogen and oxygen atoms in total. The van der Waals surface area contributed by atoms with Crippen molar-refractivity contribution in [3.05, 3.63) is 36.2 Å². The number of rotatable bonds is 3. The Hall–Kier alpha value is -2.14. The summed E-state index contributed by atoms with van der Waals surface area (Å²) in [7, 11) is 0. The Bertz CT molecular complexity index is 638. The predicted molar refractivity (Wildman–Crippen MR) is 67.0 cm³/mol. The average molecular weight is 243 g/mol. The molecule has 0 bridgehead atoms. The summed E-state index contributed by atoms with van der Waals surface area (Å²) in [6, 6.07) is 9.64. The Balaban J connectivity index is 2.01. The van der Waals surface area contributed by atoms with Crippen LogP contribution >= 0.6 is 0 Å². The van der Waals surface area contributed by atoms with Gasteiger partial charge in [0.15, 0.2) is 11.6 Å². The summed E-state index contributed by atoms with van der Waals surface area (Å²) in [4.78, 5) is 4.29. The average Bonchev–Trinajstić information content (AvgIpc) is 3.03. The normalized spacial score (nSPS) is 13.0. The van der Waals surface area contributed by atoms with Crippen molar-refractivity contribution in [2.24, 2.45) is 5.73 Å². The molecular formula is C13H13N3O2. The van der Waals surface area contributed by atoms with E-state index in [4.69, 9.17) is 14.7 Å². The van der Waals surface area contributed by atoms with E-state index in [0.717, 1.165) is 11.0 Å². The van der Waals surface area contributed by atoms with Crippen molar-refractivity contribution in [1.82, 2.24) is 10.1 Å². The minimum atomic E-state index is 0.0758. The third-order valence-electron chi connectivity index (χ3n) is 2.87. The van der Waals surface area contributed by atoms with E-state index in [-0.39, 0.29) is 5.92 Å². The first-order chi connectivity index (χ1) is 8.78. The van der Waals surface area contributed by atoms with E-state index in [0.29, 0.717) is 24.0 Å². The van der Waals surface area contributed by atoms with Crippen LogP contribution in [0.1, 0.15) is 18.7 Å². The van der Waals surface area contributed by atoms with Gasteiger partial charge in [0, 0.05) is 17.8 Å². The SMILES string of the molecule is CC(CN)c1noc(-c2cc3ccccc3o2)n1. The third kappa shape index (κ3) is 1.78. The molecule has 0 saturated carbocycles. The van der Waals surface area contributed by atoms with Crippen molar-refractivity contribution >= 4 is 11.0 Å². The molecule has 2 aromatic heterocycles. The van der Waals surface area contributed by atoms with Crippen LogP contribution in [0.3, 0.4) is 0 Å². The molecule has 2 N–H and O–H groups in total. The second-order valence-corrected chi connectivity index (χ2v) is 4.24. The van der Waals surface area contributed by atoms with Crippen LogP contribution in [-0.4, -0.2) is 16.7 Å². The summed E-state index contributed by atoms with van der Waals surface area (Å²) >= 11 is 0. The number of hydrogen-bond donors (Lipinski definition) is 1.